The van der Waals surface area contributed by atoms with Crippen LogP contribution in [0.5, 0.6) is 0 Å². The van der Waals surface area contributed by atoms with Crippen LogP contribution in [0.3, 0.4) is 0 Å². The van der Waals surface area contributed by atoms with Crippen LogP contribution in [-0.4, -0.2) is 24.0 Å². The second-order valence-electron chi connectivity index (χ2n) is 3.87. The van der Waals surface area contributed by atoms with Crippen molar-refractivity contribution >= 4 is 46.4 Å². The van der Waals surface area contributed by atoms with Crippen molar-refractivity contribution in [1.29, 1.82) is 0 Å². The summed E-state index contributed by atoms with van der Waals surface area (Å²) in [6.45, 7) is 1.53. The van der Waals surface area contributed by atoms with E-state index in [0.29, 0.717) is 0 Å². The number of anilines is 1. The van der Waals surface area contributed by atoms with Gasteiger partial charge in [0.15, 0.2) is 5.78 Å². The highest BCUT2D eigenvalue weighted by atomic mass is 35.5. The van der Waals surface area contributed by atoms with Crippen LogP contribution in [-0.2, 0) is 9.59 Å². The lowest BCUT2D eigenvalue weighted by Crippen LogP contribution is -2.34. The number of halogens is 2. The van der Waals surface area contributed by atoms with Crippen molar-refractivity contribution < 1.29 is 14.4 Å². The quantitative estimate of drug-likeness (QED) is 0.802. The fourth-order valence-corrected chi connectivity index (χ4v) is 2.29. The van der Waals surface area contributed by atoms with Crippen LogP contribution in [0.25, 0.3) is 0 Å². The summed E-state index contributed by atoms with van der Waals surface area (Å²) in [4.78, 5) is 36.2. The fraction of sp³-hybridized carbons (Fsp3) is 0.250. The molecule has 6 heteroatoms. The van der Waals surface area contributed by atoms with Crippen LogP contribution in [0, 0.1) is 0 Å². The summed E-state index contributed by atoms with van der Waals surface area (Å²) in [6, 6.07) is 2.96. The summed E-state index contributed by atoms with van der Waals surface area (Å²) in [6.07, 6.45) is 0.283. The largest absolute Gasteiger partial charge is 0.299 e. The number of carbonyl (C=O) groups excluding carboxylic acids is 3. The zero-order chi connectivity index (χ0) is 13.4. The van der Waals surface area contributed by atoms with E-state index in [9.17, 15) is 14.4 Å². The van der Waals surface area contributed by atoms with Crippen molar-refractivity contribution in [3.05, 3.63) is 27.7 Å². The molecule has 0 saturated heterocycles. The monoisotopic (exact) mass is 285 g/mol. The van der Waals surface area contributed by atoms with Crippen LogP contribution >= 0.6 is 23.2 Å². The molecule has 0 spiro atoms. The van der Waals surface area contributed by atoms with Crippen LogP contribution in [0.2, 0.25) is 10.0 Å². The van der Waals surface area contributed by atoms with Crippen molar-refractivity contribution in [3.63, 3.8) is 0 Å². The number of amides is 1. The van der Waals surface area contributed by atoms with Crippen molar-refractivity contribution in [2.45, 2.75) is 13.3 Å². The highest BCUT2D eigenvalue weighted by Gasteiger charge is 2.39. The van der Waals surface area contributed by atoms with E-state index in [4.69, 9.17) is 23.2 Å². The van der Waals surface area contributed by atoms with Gasteiger partial charge >= 0.3 is 0 Å². The van der Waals surface area contributed by atoms with E-state index in [2.05, 4.69) is 0 Å². The maximum Gasteiger partial charge on any atom is 0.299 e. The van der Waals surface area contributed by atoms with Gasteiger partial charge in [0.05, 0.1) is 27.8 Å². The Labute approximate surface area is 113 Å². The third kappa shape index (κ3) is 1.91. The third-order valence-corrected chi connectivity index (χ3v) is 3.36. The van der Waals surface area contributed by atoms with Gasteiger partial charge in [-0.25, -0.2) is 0 Å². The summed E-state index contributed by atoms with van der Waals surface area (Å²) >= 11 is 11.9. The first kappa shape index (κ1) is 13.1. The number of hydrogen-bond donors (Lipinski definition) is 0. The van der Waals surface area contributed by atoms with E-state index in [1.54, 1.807) is 6.92 Å². The van der Waals surface area contributed by atoms with Crippen LogP contribution in [0.15, 0.2) is 12.1 Å². The Morgan fingerprint density at radius 2 is 1.83 bits per heavy atom. The number of carbonyl (C=O) groups is 3. The Morgan fingerprint density at radius 3 is 2.44 bits per heavy atom. The minimum absolute atomic E-state index is 0.0815. The Bertz CT molecular complexity index is 569. The first-order chi connectivity index (χ1) is 8.47. The molecule has 0 fully saturated rings. The molecule has 94 valence electrons. The molecule has 1 aliphatic heterocycles. The zero-order valence-electron chi connectivity index (χ0n) is 9.50. The number of rotatable bonds is 3. The summed E-state index contributed by atoms with van der Waals surface area (Å²) in [7, 11) is 0. The molecule has 1 heterocycles. The molecule has 1 aromatic carbocycles. The SMILES string of the molecule is CCC(=O)CN1C(=O)C(=O)c2c(Cl)ccc(Cl)c21. The minimum atomic E-state index is -0.762. The van der Waals surface area contributed by atoms with Crippen LogP contribution in [0.1, 0.15) is 23.7 Å². The predicted octanol–water partition coefficient (Wildman–Crippen LogP) is 2.50. The van der Waals surface area contributed by atoms with Gasteiger partial charge in [0.1, 0.15) is 0 Å². The summed E-state index contributed by atoms with van der Waals surface area (Å²) in [5.74, 6) is -1.64. The molecule has 1 amide bonds. The molecule has 18 heavy (non-hydrogen) atoms. The molecule has 4 nitrogen and oxygen atoms in total. The van der Waals surface area contributed by atoms with Crippen molar-refractivity contribution in [2.75, 3.05) is 11.4 Å². The average Bonchev–Trinajstić information content (AvgIpc) is 2.60. The highest BCUT2D eigenvalue weighted by Crippen LogP contribution is 2.39. The van der Waals surface area contributed by atoms with E-state index < -0.39 is 11.7 Å². The molecule has 2 rings (SSSR count). The molecule has 0 saturated carbocycles. The van der Waals surface area contributed by atoms with Gasteiger partial charge in [-0.1, -0.05) is 30.1 Å². The molecule has 0 N–H and O–H groups in total. The molecule has 1 aromatic rings. The molecule has 0 bridgehead atoms. The first-order valence-corrected chi connectivity index (χ1v) is 6.08. The van der Waals surface area contributed by atoms with E-state index in [0.717, 1.165) is 4.90 Å². The normalized spacial score (nSPS) is 14.1. The van der Waals surface area contributed by atoms with Gasteiger partial charge in [-0.15, -0.1) is 0 Å². The van der Waals surface area contributed by atoms with E-state index >= 15 is 0 Å². The second-order valence-corrected chi connectivity index (χ2v) is 4.68. The Hall–Kier alpha value is -1.39. The van der Waals surface area contributed by atoms with Gasteiger partial charge in [-0.2, -0.15) is 0 Å². The third-order valence-electron chi connectivity index (χ3n) is 2.74. The molecule has 0 aliphatic carbocycles. The number of hydrogen-bond acceptors (Lipinski definition) is 3. The van der Waals surface area contributed by atoms with Crippen molar-refractivity contribution in [1.82, 2.24) is 0 Å². The number of nitrogens with zero attached hydrogens (tertiary/aromatic N) is 1. The second kappa shape index (κ2) is 4.71. The smallest absolute Gasteiger partial charge is 0.298 e. The lowest BCUT2D eigenvalue weighted by Gasteiger charge is -2.16. The van der Waals surface area contributed by atoms with Crippen LogP contribution in [0.4, 0.5) is 5.69 Å². The summed E-state index contributed by atoms with van der Waals surface area (Å²) in [5.41, 5.74) is 0.319. The first-order valence-electron chi connectivity index (χ1n) is 5.33. The van der Waals surface area contributed by atoms with E-state index in [1.165, 1.54) is 12.1 Å². The lowest BCUT2D eigenvalue weighted by molar-refractivity contribution is -0.120. The van der Waals surface area contributed by atoms with Crippen molar-refractivity contribution in [3.8, 4) is 0 Å². The predicted molar refractivity (Wildman–Crippen MR) is 68.4 cm³/mol. The maximum atomic E-state index is 11.8. The molecule has 0 atom stereocenters. The standard InChI is InChI=1S/C12H9Cl2NO3/c1-2-6(16)5-15-10-8(14)4-3-7(13)9(10)11(17)12(15)18/h3-4H,2,5H2,1H3. The molecule has 0 aromatic heterocycles. The van der Waals surface area contributed by atoms with Gasteiger partial charge in [0.25, 0.3) is 11.7 Å². The van der Waals surface area contributed by atoms with E-state index in [1.807, 2.05) is 0 Å². The van der Waals surface area contributed by atoms with Gasteiger partial charge in [-0.3, -0.25) is 19.3 Å². The van der Waals surface area contributed by atoms with Crippen LogP contribution < -0.4 is 4.90 Å². The van der Waals surface area contributed by atoms with Gasteiger partial charge in [-0.05, 0) is 12.1 Å². The Kier molecular flexibility index (Phi) is 3.41. The van der Waals surface area contributed by atoms with Gasteiger partial charge in [0.2, 0.25) is 0 Å². The molecular formula is C12H9Cl2NO3. The fourth-order valence-electron chi connectivity index (χ4n) is 1.79. The average molecular weight is 286 g/mol. The number of fused-ring (bicyclic) bond motifs is 1. The van der Waals surface area contributed by atoms with E-state index in [-0.39, 0.29) is 40.0 Å². The Balaban J connectivity index is 2.55. The van der Waals surface area contributed by atoms with Crippen molar-refractivity contribution in [2.24, 2.45) is 0 Å². The van der Waals surface area contributed by atoms with Gasteiger partial charge in [0, 0.05) is 6.42 Å². The summed E-state index contributed by atoms with van der Waals surface area (Å²) < 4.78 is 0. The van der Waals surface area contributed by atoms with Gasteiger partial charge < -0.3 is 0 Å². The molecular weight excluding hydrogens is 277 g/mol. The topological polar surface area (TPSA) is 54.5 Å². The number of Topliss-reactive ketones (excluding diaryl/α,β-unsaturated/α-hetero) is 2. The molecule has 0 unspecified atom stereocenters. The lowest BCUT2D eigenvalue weighted by atomic mass is 10.1. The highest BCUT2D eigenvalue weighted by molar-refractivity contribution is 6.57. The maximum absolute atomic E-state index is 11.8. The molecule has 1 aliphatic rings. The summed E-state index contributed by atoms with van der Waals surface area (Å²) in [5, 5.41) is 0.400. The minimum Gasteiger partial charge on any atom is -0.298 e. The number of benzene rings is 1. The number of ketones is 2. The Morgan fingerprint density at radius 1 is 1.22 bits per heavy atom. The molecule has 0 radical (unpaired) electrons. The zero-order valence-corrected chi connectivity index (χ0v) is 11.0.